The van der Waals surface area contributed by atoms with Crippen molar-refractivity contribution < 1.29 is 5.11 Å². The average molecular weight is 496 g/mol. The molecule has 0 saturated carbocycles. The van der Waals surface area contributed by atoms with Gasteiger partial charge >= 0.3 is 0 Å². The first-order valence-corrected chi connectivity index (χ1v) is 13.2. The normalized spacial score (nSPS) is 16.6. The fourth-order valence-corrected chi connectivity index (χ4v) is 5.49. The van der Waals surface area contributed by atoms with Crippen molar-refractivity contribution in [2.45, 2.75) is 44.8 Å². The van der Waals surface area contributed by atoms with E-state index >= 15 is 0 Å². The Bertz CT molecular complexity index is 1510. The molecule has 0 aliphatic carbocycles. The molecule has 1 atom stereocenters. The van der Waals surface area contributed by atoms with Crippen LogP contribution in [0.3, 0.4) is 0 Å². The first kappa shape index (κ1) is 23.6. The number of nitrogen functional groups attached to an aromatic ring is 1. The zero-order valence-electron chi connectivity index (χ0n) is 21.0. The fraction of sp³-hybridized carbons (Fsp3) is 0.345. The number of aromatic nitrogens is 5. The van der Waals surface area contributed by atoms with Crippen molar-refractivity contribution in [1.82, 2.24) is 29.3 Å². The van der Waals surface area contributed by atoms with Gasteiger partial charge in [-0.25, -0.2) is 9.50 Å². The van der Waals surface area contributed by atoms with E-state index in [1.807, 2.05) is 15.3 Å². The highest BCUT2D eigenvalue weighted by Gasteiger charge is 2.18. The quantitative estimate of drug-likeness (QED) is 0.314. The number of benzene rings is 2. The van der Waals surface area contributed by atoms with Crippen LogP contribution in [0.1, 0.15) is 36.9 Å². The number of rotatable bonds is 8. The van der Waals surface area contributed by atoms with Crippen molar-refractivity contribution in [2.24, 2.45) is 0 Å². The molecule has 5 aromatic rings. The van der Waals surface area contributed by atoms with Crippen LogP contribution in [0.25, 0.3) is 27.5 Å². The third-order valence-corrected chi connectivity index (χ3v) is 7.35. The van der Waals surface area contributed by atoms with E-state index in [9.17, 15) is 5.11 Å². The predicted molar refractivity (Wildman–Crippen MR) is 146 cm³/mol. The minimum Gasteiger partial charge on any atom is -0.392 e. The summed E-state index contributed by atoms with van der Waals surface area (Å²) in [6.07, 6.45) is 8.49. The van der Waals surface area contributed by atoms with Gasteiger partial charge in [0.2, 0.25) is 0 Å². The summed E-state index contributed by atoms with van der Waals surface area (Å²) in [6.45, 7) is 3.64. The second kappa shape index (κ2) is 10.3. The van der Waals surface area contributed by atoms with Crippen LogP contribution < -0.4 is 5.73 Å². The van der Waals surface area contributed by atoms with Gasteiger partial charge in [-0.15, -0.1) is 0 Å². The van der Waals surface area contributed by atoms with Crippen LogP contribution in [0.5, 0.6) is 0 Å². The van der Waals surface area contributed by atoms with Gasteiger partial charge in [0, 0.05) is 29.4 Å². The Morgan fingerprint density at radius 1 is 1.05 bits per heavy atom. The number of hydrogen-bond donors (Lipinski definition) is 2. The van der Waals surface area contributed by atoms with E-state index in [0.717, 1.165) is 91.5 Å². The van der Waals surface area contributed by atoms with Gasteiger partial charge in [0.15, 0.2) is 5.82 Å². The smallest absolute Gasteiger partial charge is 0.151 e. The van der Waals surface area contributed by atoms with Gasteiger partial charge in [0.25, 0.3) is 0 Å². The summed E-state index contributed by atoms with van der Waals surface area (Å²) in [5, 5.41) is 20.4. The van der Waals surface area contributed by atoms with Crippen molar-refractivity contribution in [3.05, 3.63) is 78.4 Å². The molecule has 3 N–H and O–H groups in total. The Morgan fingerprint density at radius 3 is 2.81 bits per heavy atom. The maximum atomic E-state index is 9.93. The first-order chi connectivity index (χ1) is 18.1. The van der Waals surface area contributed by atoms with E-state index in [2.05, 4.69) is 69.7 Å². The van der Waals surface area contributed by atoms with Gasteiger partial charge < -0.3 is 15.7 Å². The standard InChI is InChI=1S/C29H33N7O/c30-29-28-26(22-11-12-23-18-35(33-27(23)15-22)17-21-7-2-1-3-8-21)16-24(36(28)32-20-31-29)9-4-5-13-34-14-6-10-25(37)19-34/h1-3,7-8,11-12,15-16,18,20,25,37H,4-6,9-10,13-14,17,19H2,(H2,30,31,32)/t25-/m1/s1. The van der Waals surface area contributed by atoms with Crippen molar-refractivity contribution in [3.8, 4) is 11.1 Å². The largest absolute Gasteiger partial charge is 0.392 e. The number of hydrogen-bond acceptors (Lipinski definition) is 6. The molecule has 37 heavy (non-hydrogen) atoms. The number of aryl methyl sites for hydroxylation is 1. The Kier molecular flexibility index (Phi) is 6.59. The van der Waals surface area contributed by atoms with Crippen LogP contribution >= 0.6 is 0 Å². The summed E-state index contributed by atoms with van der Waals surface area (Å²) in [5.74, 6) is 0.480. The Balaban J connectivity index is 1.23. The molecule has 0 bridgehead atoms. The van der Waals surface area contributed by atoms with E-state index < -0.39 is 0 Å². The zero-order valence-corrected chi connectivity index (χ0v) is 21.0. The monoisotopic (exact) mass is 495 g/mol. The molecule has 1 aliphatic heterocycles. The molecule has 1 aliphatic rings. The van der Waals surface area contributed by atoms with E-state index in [1.165, 1.54) is 11.9 Å². The van der Waals surface area contributed by atoms with Crippen molar-refractivity contribution in [1.29, 1.82) is 0 Å². The highest BCUT2D eigenvalue weighted by Crippen LogP contribution is 2.32. The molecule has 0 spiro atoms. The van der Waals surface area contributed by atoms with Crippen LogP contribution in [0, 0.1) is 0 Å². The molecular weight excluding hydrogens is 462 g/mol. The highest BCUT2D eigenvalue weighted by atomic mass is 16.3. The lowest BCUT2D eigenvalue weighted by Crippen LogP contribution is -2.38. The van der Waals surface area contributed by atoms with E-state index in [1.54, 1.807) is 0 Å². The third kappa shape index (κ3) is 5.08. The highest BCUT2D eigenvalue weighted by molar-refractivity contribution is 5.92. The van der Waals surface area contributed by atoms with E-state index in [4.69, 9.17) is 10.8 Å². The number of unbranched alkanes of at least 4 members (excludes halogenated alkanes) is 1. The number of aliphatic hydroxyl groups is 1. The van der Waals surface area contributed by atoms with Crippen molar-refractivity contribution >= 4 is 22.2 Å². The van der Waals surface area contributed by atoms with Crippen LogP contribution in [0.15, 0.2) is 67.1 Å². The zero-order chi connectivity index (χ0) is 25.2. The van der Waals surface area contributed by atoms with Crippen molar-refractivity contribution in [3.63, 3.8) is 0 Å². The minimum absolute atomic E-state index is 0.173. The lowest BCUT2D eigenvalue weighted by molar-refractivity contribution is 0.0699. The van der Waals surface area contributed by atoms with Gasteiger partial charge in [0.05, 0.1) is 18.2 Å². The second-order valence-electron chi connectivity index (χ2n) is 10.1. The van der Waals surface area contributed by atoms with Gasteiger partial charge in [0.1, 0.15) is 11.8 Å². The maximum Gasteiger partial charge on any atom is 0.151 e. The molecule has 8 nitrogen and oxygen atoms in total. The number of anilines is 1. The van der Waals surface area contributed by atoms with Gasteiger partial charge in [-0.1, -0.05) is 42.5 Å². The van der Waals surface area contributed by atoms with Crippen LogP contribution in [0.4, 0.5) is 5.82 Å². The average Bonchev–Trinajstić information content (AvgIpc) is 3.48. The topological polar surface area (TPSA) is 97.5 Å². The lowest BCUT2D eigenvalue weighted by atomic mass is 10.0. The van der Waals surface area contributed by atoms with E-state index in [0.29, 0.717) is 5.82 Å². The van der Waals surface area contributed by atoms with Gasteiger partial charge in [-0.2, -0.15) is 10.2 Å². The third-order valence-electron chi connectivity index (χ3n) is 7.35. The van der Waals surface area contributed by atoms with Crippen LogP contribution in [0.2, 0.25) is 0 Å². The Labute approximate surface area is 216 Å². The number of β-amino-alcohol motifs (C(OH)–C–C–N with tert-alkyl or cyclic N) is 1. The molecule has 190 valence electrons. The number of fused-ring (bicyclic) bond motifs is 2. The molecular formula is C29H33N7O. The molecule has 4 heterocycles. The molecule has 8 heteroatoms. The summed E-state index contributed by atoms with van der Waals surface area (Å²) in [6, 6.07) is 18.9. The summed E-state index contributed by atoms with van der Waals surface area (Å²) >= 11 is 0. The molecule has 0 amide bonds. The molecule has 6 rings (SSSR count). The molecule has 1 saturated heterocycles. The number of likely N-dealkylation sites (tertiary alicyclic amines) is 1. The summed E-state index contributed by atoms with van der Waals surface area (Å²) < 4.78 is 3.94. The Hall–Kier alpha value is -3.75. The molecule has 0 radical (unpaired) electrons. The van der Waals surface area contributed by atoms with Crippen LogP contribution in [-0.4, -0.2) is 60.1 Å². The van der Waals surface area contributed by atoms with Gasteiger partial charge in [-0.3, -0.25) is 4.68 Å². The number of piperidine rings is 1. The van der Waals surface area contributed by atoms with Crippen molar-refractivity contribution in [2.75, 3.05) is 25.4 Å². The molecule has 1 fully saturated rings. The fourth-order valence-electron chi connectivity index (χ4n) is 5.49. The number of nitrogens with two attached hydrogens (primary N) is 1. The number of nitrogens with zero attached hydrogens (tertiary/aromatic N) is 6. The molecule has 0 unspecified atom stereocenters. The number of aliphatic hydroxyl groups excluding tert-OH is 1. The predicted octanol–water partition coefficient (Wildman–Crippen LogP) is 4.16. The maximum absolute atomic E-state index is 9.93. The first-order valence-electron chi connectivity index (χ1n) is 13.2. The minimum atomic E-state index is -0.173. The van der Waals surface area contributed by atoms with E-state index in [-0.39, 0.29) is 6.10 Å². The Morgan fingerprint density at radius 2 is 1.95 bits per heavy atom. The second-order valence-corrected chi connectivity index (χ2v) is 10.1. The summed E-state index contributed by atoms with van der Waals surface area (Å²) in [4.78, 5) is 6.66. The van der Waals surface area contributed by atoms with Gasteiger partial charge in [-0.05, 0) is 68.5 Å². The summed E-state index contributed by atoms with van der Waals surface area (Å²) in [5.41, 5.74) is 12.6. The molecule has 3 aromatic heterocycles. The molecule has 2 aromatic carbocycles. The summed E-state index contributed by atoms with van der Waals surface area (Å²) in [7, 11) is 0. The SMILES string of the molecule is Nc1ncnn2c(CCCCN3CCC[C@@H](O)C3)cc(-c3ccc4cn(Cc5ccccc5)nc4c3)c12. The lowest BCUT2D eigenvalue weighted by Gasteiger charge is -2.29. The van der Waals surface area contributed by atoms with Crippen LogP contribution in [-0.2, 0) is 13.0 Å².